The van der Waals surface area contributed by atoms with E-state index >= 15 is 0 Å². The van der Waals surface area contributed by atoms with Crippen molar-refractivity contribution in [3.05, 3.63) is 73.2 Å². The van der Waals surface area contributed by atoms with Gasteiger partial charge in [0.2, 0.25) is 0 Å². The first-order valence-electron chi connectivity index (χ1n) is 7.36. The number of ether oxygens (including phenoxy) is 1. The lowest BCUT2D eigenvalue weighted by molar-refractivity contribution is -0.384. The fourth-order valence-electron chi connectivity index (χ4n) is 2.29. The highest BCUT2D eigenvalue weighted by atomic mass is 35.5. The van der Waals surface area contributed by atoms with Crippen molar-refractivity contribution in [3.63, 3.8) is 0 Å². The number of rotatable bonds is 5. The molecule has 1 unspecified atom stereocenters. The molecule has 1 amide bonds. The van der Waals surface area contributed by atoms with Crippen LogP contribution in [0.5, 0.6) is 0 Å². The largest absolute Gasteiger partial charge is 0.465 e. The zero-order valence-corrected chi connectivity index (χ0v) is 15.3. The van der Waals surface area contributed by atoms with E-state index in [1.807, 2.05) is 0 Å². The summed E-state index contributed by atoms with van der Waals surface area (Å²) in [5.41, 5.74) is 0.0961. The summed E-state index contributed by atoms with van der Waals surface area (Å²) in [4.78, 5) is 34.5. The van der Waals surface area contributed by atoms with Gasteiger partial charge in [0.15, 0.2) is 0 Å². The number of carbonyl (C=O) groups excluding carboxylic acids is 2. The summed E-state index contributed by atoms with van der Waals surface area (Å²) in [5, 5.41) is 14.6. The average molecular weight is 397 g/mol. The molecular formula is C17H14Cl2N2O5. The zero-order valence-electron chi connectivity index (χ0n) is 13.8. The van der Waals surface area contributed by atoms with Crippen LogP contribution in [0.4, 0.5) is 5.69 Å². The quantitative estimate of drug-likeness (QED) is 0.464. The predicted molar refractivity (Wildman–Crippen MR) is 96.8 cm³/mol. The third-order valence-corrected chi connectivity index (χ3v) is 4.15. The Kier molecular flexibility index (Phi) is 6.18. The van der Waals surface area contributed by atoms with Crippen LogP contribution in [-0.4, -0.2) is 23.9 Å². The third-order valence-electron chi connectivity index (χ3n) is 3.59. The van der Waals surface area contributed by atoms with Crippen molar-refractivity contribution < 1.29 is 19.2 Å². The number of benzene rings is 2. The number of halogens is 2. The Labute approximate surface area is 159 Å². The average Bonchev–Trinajstić information content (AvgIpc) is 2.60. The molecule has 0 saturated heterocycles. The van der Waals surface area contributed by atoms with Crippen molar-refractivity contribution in [2.75, 3.05) is 7.11 Å². The molecule has 0 aliphatic carbocycles. The molecule has 136 valence electrons. The fraction of sp³-hybridized carbons (Fsp3) is 0.176. The van der Waals surface area contributed by atoms with Crippen LogP contribution in [0.25, 0.3) is 0 Å². The van der Waals surface area contributed by atoms with Gasteiger partial charge in [0.05, 0.1) is 23.6 Å². The predicted octanol–water partition coefficient (Wildman–Crippen LogP) is 4.18. The van der Waals surface area contributed by atoms with E-state index in [9.17, 15) is 19.7 Å². The van der Waals surface area contributed by atoms with E-state index in [1.54, 1.807) is 25.1 Å². The first-order chi connectivity index (χ1) is 12.2. The van der Waals surface area contributed by atoms with Crippen molar-refractivity contribution in [1.29, 1.82) is 0 Å². The van der Waals surface area contributed by atoms with Gasteiger partial charge in [-0.2, -0.15) is 0 Å². The topological polar surface area (TPSA) is 98.5 Å². The molecule has 0 heterocycles. The number of hydrogen-bond donors (Lipinski definition) is 1. The second-order valence-corrected chi connectivity index (χ2v) is 6.22. The molecular weight excluding hydrogens is 383 g/mol. The van der Waals surface area contributed by atoms with Crippen molar-refractivity contribution in [2.45, 2.75) is 13.0 Å². The third kappa shape index (κ3) is 4.50. The van der Waals surface area contributed by atoms with Crippen molar-refractivity contribution >= 4 is 40.8 Å². The molecule has 2 aromatic carbocycles. The Balaban J connectivity index is 2.32. The SMILES string of the molecule is COC(=O)c1cc(C(=O)NC(C)c2ccc(Cl)cc2Cl)cc([N+](=O)[O-])c1. The van der Waals surface area contributed by atoms with Crippen LogP contribution >= 0.6 is 23.2 Å². The molecule has 9 heteroatoms. The summed E-state index contributed by atoms with van der Waals surface area (Å²) in [6.45, 7) is 1.70. The maximum Gasteiger partial charge on any atom is 0.338 e. The molecule has 0 aliphatic heterocycles. The number of nitro groups is 1. The van der Waals surface area contributed by atoms with Gasteiger partial charge in [-0.1, -0.05) is 29.3 Å². The van der Waals surface area contributed by atoms with Gasteiger partial charge >= 0.3 is 5.97 Å². The molecule has 0 saturated carbocycles. The molecule has 1 atom stereocenters. The summed E-state index contributed by atoms with van der Waals surface area (Å²) < 4.78 is 4.56. The van der Waals surface area contributed by atoms with Crippen LogP contribution in [0.1, 0.15) is 39.2 Å². The van der Waals surface area contributed by atoms with Gasteiger partial charge in [-0.05, 0) is 30.7 Å². The second-order valence-electron chi connectivity index (χ2n) is 5.38. The standard InChI is InChI=1S/C17H14Cl2N2O5/c1-9(14-4-3-12(18)8-15(14)19)20-16(22)10-5-11(17(23)26-2)7-13(6-10)21(24)25/h3-9H,1-2H3,(H,20,22). The number of nitrogens with one attached hydrogen (secondary N) is 1. The van der Waals surface area contributed by atoms with E-state index in [1.165, 1.54) is 6.07 Å². The fourth-order valence-corrected chi connectivity index (χ4v) is 2.87. The van der Waals surface area contributed by atoms with Crippen molar-refractivity contribution in [2.24, 2.45) is 0 Å². The number of nitrogens with zero attached hydrogens (tertiary/aromatic N) is 1. The number of non-ortho nitro benzene ring substituents is 1. The maximum atomic E-state index is 12.5. The second kappa shape index (κ2) is 8.16. The molecule has 0 aromatic heterocycles. The van der Waals surface area contributed by atoms with Gasteiger partial charge in [0.1, 0.15) is 0 Å². The Morgan fingerprint density at radius 1 is 1.15 bits per heavy atom. The number of hydrogen-bond acceptors (Lipinski definition) is 5. The number of methoxy groups -OCH3 is 1. The van der Waals surface area contributed by atoms with E-state index in [0.29, 0.717) is 15.6 Å². The minimum Gasteiger partial charge on any atom is -0.465 e. The summed E-state index contributed by atoms with van der Waals surface area (Å²) in [6, 6.07) is 7.71. The molecule has 1 N–H and O–H groups in total. The van der Waals surface area contributed by atoms with Crippen molar-refractivity contribution in [3.8, 4) is 0 Å². The van der Waals surface area contributed by atoms with Crippen LogP contribution in [-0.2, 0) is 4.74 Å². The van der Waals surface area contributed by atoms with Gasteiger partial charge in [-0.3, -0.25) is 14.9 Å². The van der Waals surface area contributed by atoms with E-state index in [0.717, 1.165) is 19.2 Å². The molecule has 26 heavy (non-hydrogen) atoms. The molecule has 7 nitrogen and oxygen atoms in total. The Bertz CT molecular complexity index is 885. The molecule has 2 rings (SSSR count). The normalized spacial score (nSPS) is 11.5. The first-order valence-corrected chi connectivity index (χ1v) is 8.12. The highest BCUT2D eigenvalue weighted by Crippen LogP contribution is 2.26. The molecule has 0 radical (unpaired) electrons. The minimum atomic E-state index is -0.781. The molecule has 0 aliphatic rings. The lowest BCUT2D eigenvalue weighted by atomic mass is 10.1. The summed E-state index contributed by atoms with van der Waals surface area (Å²) >= 11 is 12.0. The Morgan fingerprint density at radius 3 is 2.38 bits per heavy atom. The van der Waals surface area contributed by atoms with E-state index in [4.69, 9.17) is 23.2 Å². The number of esters is 1. The van der Waals surface area contributed by atoms with Crippen LogP contribution in [0.15, 0.2) is 36.4 Å². The van der Waals surface area contributed by atoms with E-state index < -0.39 is 28.5 Å². The minimum absolute atomic E-state index is 0.0449. The lowest BCUT2D eigenvalue weighted by Crippen LogP contribution is -2.27. The summed E-state index contributed by atoms with van der Waals surface area (Å²) in [5.74, 6) is -1.38. The van der Waals surface area contributed by atoms with Gasteiger partial charge in [-0.25, -0.2) is 4.79 Å². The lowest BCUT2D eigenvalue weighted by Gasteiger charge is -2.16. The summed E-state index contributed by atoms with van der Waals surface area (Å²) in [7, 11) is 1.14. The first kappa shape index (κ1) is 19.7. The Morgan fingerprint density at radius 2 is 1.81 bits per heavy atom. The number of amides is 1. The van der Waals surface area contributed by atoms with E-state index in [2.05, 4.69) is 10.1 Å². The molecule has 0 spiro atoms. The molecule has 0 fully saturated rings. The molecule has 2 aromatic rings. The van der Waals surface area contributed by atoms with E-state index in [-0.39, 0.29) is 11.1 Å². The van der Waals surface area contributed by atoms with Crippen LogP contribution < -0.4 is 5.32 Å². The van der Waals surface area contributed by atoms with Gasteiger partial charge in [0.25, 0.3) is 11.6 Å². The maximum absolute atomic E-state index is 12.5. The van der Waals surface area contributed by atoms with Crippen LogP contribution in [0.3, 0.4) is 0 Å². The monoisotopic (exact) mass is 396 g/mol. The smallest absolute Gasteiger partial charge is 0.338 e. The highest BCUT2D eigenvalue weighted by Gasteiger charge is 2.20. The highest BCUT2D eigenvalue weighted by molar-refractivity contribution is 6.35. The van der Waals surface area contributed by atoms with Crippen LogP contribution in [0, 0.1) is 10.1 Å². The zero-order chi connectivity index (χ0) is 19.4. The van der Waals surface area contributed by atoms with Crippen LogP contribution in [0.2, 0.25) is 10.0 Å². The van der Waals surface area contributed by atoms with Crippen molar-refractivity contribution in [1.82, 2.24) is 5.32 Å². The number of carbonyl (C=O) groups is 2. The summed E-state index contributed by atoms with van der Waals surface area (Å²) in [6.07, 6.45) is 0. The molecule has 0 bridgehead atoms. The van der Waals surface area contributed by atoms with Gasteiger partial charge < -0.3 is 10.1 Å². The Hall–Kier alpha value is -2.64. The van der Waals surface area contributed by atoms with Gasteiger partial charge in [0, 0.05) is 27.7 Å². The van der Waals surface area contributed by atoms with Gasteiger partial charge in [-0.15, -0.1) is 0 Å². The number of nitro benzene ring substituents is 1.